The Morgan fingerprint density at radius 2 is 1.88 bits per heavy atom. The lowest BCUT2D eigenvalue weighted by atomic mass is 9.89. The fourth-order valence-corrected chi connectivity index (χ4v) is 6.32. The monoisotopic (exact) mass is 452 g/mol. The molecule has 1 aliphatic carbocycles. The number of aromatic nitrogens is 2. The minimum absolute atomic E-state index is 0.169. The highest BCUT2D eigenvalue weighted by atomic mass is 32.1. The van der Waals surface area contributed by atoms with E-state index in [-0.39, 0.29) is 5.82 Å². The summed E-state index contributed by atoms with van der Waals surface area (Å²) in [6, 6.07) is 6.90. The maximum absolute atomic E-state index is 13.2. The number of hydrogen-bond acceptors (Lipinski definition) is 5. The highest BCUT2D eigenvalue weighted by Crippen LogP contribution is 2.41. The molecular formula is C26H33FN4S. The van der Waals surface area contributed by atoms with Crippen LogP contribution in [0.2, 0.25) is 0 Å². The van der Waals surface area contributed by atoms with Gasteiger partial charge < -0.3 is 4.90 Å². The Labute approximate surface area is 194 Å². The van der Waals surface area contributed by atoms with Crippen LogP contribution in [-0.4, -0.2) is 41.0 Å². The molecule has 0 N–H and O–H groups in total. The number of halogens is 1. The van der Waals surface area contributed by atoms with E-state index in [0.717, 1.165) is 57.3 Å². The largest absolute Gasteiger partial charge is 0.353 e. The van der Waals surface area contributed by atoms with Crippen LogP contribution in [0.1, 0.15) is 61.4 Å². The first-order chi connectivity index (χ1) is 15.5. The minimum Gasteiger partial charge on any atom is -0.353 e. The third-order valence-corrected chi connectivity index (χ3v) is 8.35. The quantitative estimate of drug-likeness (QED) is 0.490. The summed E-state index contributed by atoms with van der Waals surface area (Å²) in [5, 5.41) is 1.33. The molecule has 0 bridgehead atoms. The molecule has 0 amide bonds. The van der Waals surface area contributed by atoms with Crippen molar-refractivity contribution in [3.63, 3.8) is 0 Å². The number of piperazine rings is 1. The van der Waals surface area contributed by atoms with Gasteiger partial charge in [0.1, 0.15) is 22.3 Å². The summed E-state index contributed by atoms with van der Waals surface area (Å²) in [5.41, 5.74) is 2.69. The number of thiophene rings is 1. The molecule has 4 nitrogen and oxygen atoms in total. The second-order valence-electron chi connectivity index (χ2n) is 9.64. The fourth-order valence-electron chi connectivity index (χ4n) is 4.94. The van der Waals surface area contributed by atoms with Crippen molar-refractivity contribution in [1.29, 1.82) is 0 Å². The third kappa shape index (κ3) is 4.27. The van der Waals surface area contributed by atoms with Crippen molar-refractivity contribution in [2.24, 2.45) is 5.92 Å². The summed E-state index contributed by atoms with van der Waals surface area (Å²) in [7, 11) is 0. The Morgan fingerprint density at radius 3 is 2.59 bits per heavy atom. The molecule has 1 aliphatic heterocycles. The molecule has 170 valence electrons. The second kappa shape index (κ2) is 9.06. The standard InChI is InChI=1S/C26H33FN4S/c1-4-18(3)24-28-25(23-21-10-5-17(2)15-22(21)32-26(23)29-24)31-13-11-30(12-14-31)16-19-6-8-20(27)9-7-19/h6-9,17-18H,4-5,10-16H2,1-3H3/t17-,18-/m1/s1. The van der Waals surface area contributed by atoms with Crippen LogP contribution in [0.5, 0.6) is 0 Å². The molecule has 5 rings (SSSR count). The van der Waals surface area contributed by atoms with E-state index in [0.29, 0.717) is 5.92 Å². The van der Waals surface area contributed by atoms with Gasteiger partial charge in [0, 0.05) is 43.5 Å². The highest BCUT2D eigenvalue weighted by molar-refractivity contribution is 7.19. The van der Waals surface area contributed by atoms with E-state index >= 15 is 0 Å². The molecule has 3 heterocycles. The first kappa shape index (κ1) is 21.8. The van der Waals surface area contributed by atoms with E-state index in [1.807, 2.05) is 23.5 Å². The zero-order valence-electron chi connectivity index (χ0n) is 19.4. The Bertz CT molecular complexity index is 1090. The number of aryl methyl sites for hydroxylation is 1. The van der Waals surface area contributed by atoms with E-state index in [9.17, 15) is 4.39 Å². The molecule has 2 aromatic heterocycles. The van der Waals surface area contributed by atoms with E-state index in [1.165, 1.54) is 44.9 Å². The summed E-state index contributed by atoms with van der Waals surface area (Å²) in [5.74, 6) is 3.12. The number of hydrogen-bond donors (Lipinski definition) is 0. The van der Waals surface area contributed by atoms with E-state index in [4.69, 9.17) is 9.97 Å². The molecule has 32 heavy (non-hydrogen) atoms. The van der Waals surface area contributed by atoms with Crippen molar-refractivity contribution in [1.82, 2.24) is 14.9 Å². The predicted octanol–water partition coefficient (Wildman–Crippen LogP) is 5.79. The van der Waals surface area contributed by atoms with E-state index in [2.05, 4.69) is 30.6 Å². The number of nitrogens with zero attached hydrogens (tertiary/aromatic N) is 4. The molecule has 0 spiro atoms. The van der Waals surface area contributed by atoms with Crippen molar-refractivity contribution in [3.05, 3.63) is 51.9 Å². The fraction of sp³-hybridized carbons (Fsp3) is 0.538. The Hall–Kier alpha value is -2.05. The van der Waals surface area contributed by atoms with Crippen molar-refractivity contribution in [2.45, 2.75) is 58.9 Å². The third-order valence-electron chi connectivity index (χ3n) is 7.20. The van der Waals surface area contributed by atoms with Crippen LogP contribution in [0.15, 0.2) is 24.3 Å². The average molecular weight is 453 g/mol. The molecule has 0 saturated carbocycles. The molecule has 0 radical (unpaired) electrons. The number of benzene rings is 1. The average Bonchev–Trinajstić information content (AvgIpc) is 3.17. The van der Waals surface area contributed by atoms with E-state index in [1.54, 1.807) is 12.1 Å². The van der Waals surface area contributed by atoms with Gasteiger partial charge >= 0.3 is 0 Å². The predicted molar refractivity (Wildman–Crippen MR) is 131 cm³/mol. The molecular weight excluding hydrogens is 419 g/mol. The smallest absolute Gasteiger partial charge is 0.141 e. The van der Waals surface area contributed by atoms with Crippen molar-refractivity contribution in [2.75, 3.05) is 31.1 Å². The summed E-state index contributed by atoms with van der Waals surface area (Å²) in [6.07, 6.45) is 4.65. The van der Waals surface area contributed by atoms with Crippen LogP contribution < -0.4 is 4.90 Å². The maximum atomic E-state index is 13.2. The maximum Gasteiger partial charge on any atom is 0.141 e. The first-order valence-corrected chi connectivity index (χ1v) is 12.9. The topological polar surface area (TPSA) is 32.3 Å². The minimum atomic E-state index is -0.169. The van der Waals surface area contributed by atoms with Gasteiger partial charge in [-0.25, -0.2) is 14.4 Å². The van der Waals surface area contributed by atoms with Crippen LogP contribution >= 0.6 is 11.3 Å². The van der Waals surface area contributed by atoms with Gasteiger partial charge in [0.2, 0.25) is 0 Å². The lowest BCUT2D eigenvalue weighted by Crippen LogP contribution is -2.46. The van der Waals surface area contributed by atoms with E-state index < -0.39 is 0 Å². The van der Waals surface area contributed by atoms with Gasteiger partial charge in [-0.2, -0.15) is 0 Å². The van der Waals surface area contributed by atoms with Crippen molar-refractivity contribution in [3.8, 4) is 0 Å². The lowest BCUT2D eigenvalue weighted by molar-refractivity contribution is 0.249. The molecule has 0 unspecified atom stereocenters. The van der Waals surface area contributed by atoms with Crippen LogP contribution in [0, 0.1) is 11.7 Å². The van der Waals surface area contributed by atoms with Gasteiger partial charge in [0.05, 0.1) is 5.39 Å². The molecule has 2 atom stereocenters. The molecule has 1 saturated heterocycles. The van der Waals surface area contributed by atoms with Gasteiger partial charge in [0.15, 0.2) is 0 Å². The van der Waals surface area contributed by atoms with Crippen LogP contribution in [0.25, 0.3) is 10.2 Å². The van der Waals surface area contributed by atoms with Gasteiger partial charge in [-0.1, -0.05) is 32.9 Å². The number of rotatable bonds is 5. The zero-order chi connectivity index (χ0) is 22.2. The van der Waals surface area contributed by atoms with Gasteiger partial charge in [-0.05, 0) is 54.9 Å². The lowest BCUT2D eigenvalue weighted by Gasteiger charge is -2.36. The van der Waals surface area contributed by atoms with Gasteiger partial charge in [-0.15, -0.1) is 11.3 Å². The number of fused-ring (bicyclic) bond motifs is 3. The summed E-state index contributed by atoms with van der Waals surface area (Å²) in [6.45, 7) is 11.6. The van der Waals surface area contributed by atoms with Gasteiger partial charge in [-0.3, -0.25) is 4.90 Å². The number of anilines is 1. The molecule has 6 heteroatoms. The summed E-state index contributed by atoms with van der Waals surface area (Å²) >= 11 is 1.91. The summed E-state index contributed by atoms with van der Waals surface area (Å²) < 4.78 is 13.2. The first-order valence-electron chi connectivity index (χ1n) is 12.1. The van der Waals surface area contributed by atoms with Crippen LogP contribution in [0.3, 0.4) is 0 Å². The molecule has 3 aromatic rings. The zero-order valence-corrected chi connectivity index (χ0v) is 20.2. The molecule has 2 aliphatic rings. The normalized spacial score (nSPS) is 20.5. The second-order valence-corrected chi connectivity index (χ2v) is 10.7. The molecule has 1 fully saturated rings. The van der Waals surface area contributed by atoms with Crippen LogP contribution in [-0.2, 0) is 19.4 Å². The summed E-state index contributed by atoms with van der Waals surface area (Å²) in [4.78, 5) is 17.9. The Kier molecular flexibility index (Phi) is 6.17. The molecule has 1 aromatic carbocycles. The Morgan fingerprint density at radius 1 is 1.12 bits per heavy atom. The SMILES string of the molecule is CC[C@@H](C)c1nc(N2CCN(Cc3ccc(F)cc3)CC2)c2c3c(sc2n1)C[C@H](C)CC3. The Balaban J connectivity index is 1.42. The van der Waals surface area contributed by atoms with Crippen molar-refractivity contribution < 1.29 is 4.39 Å². The van der Waals surface area contributed by atoms with Crippen molar-refractivity contribution >= 4 is 27.4 Å². The highest BCUT2D eigenvalue weighted by Gasteiger charge is 2.28. The van der Waals surface area contributed by atoms with Gasteiger partial charge in [0.25, 0.3) is 0 Å². The van der Waals surface area contributed by atoms with Crippen LogP contribution in [0.4, 0.5) is 10.2 Å².